The first-order chi connectivity index (χ1) is 11.3. The first kappa shape index (κ1) is 15.1. The highest BCUT2D eigenvalue weighted by molar-refractivity contribution is 5.99. The van der Waals surface area contributed by atoms with Gasteiger partial charge in [0.25, 0.3) is 5.91 Å². The maximum absolute atomic E-state index is 11.9. The SMILES string of the molecule is O=C(COc1cccc(C2=NCCCN2)c1)Nc1ccccc1. The van der Waals surface area contributed by atoms with Gasteiger partial charge in [-0.2, -0.15) is 0 Å². The fourth-order valence-corrected chi connectivity index (χ4v) is 2.33. The van der Waals surface area contributed by atoms with Crippen LogP contribution in [0.2, 0.25) is 0 Å². The molecule has 1 aliphatic rings. The molecule has 3 rings (SSSR count). The van der Waals surface area contributed by atoms with Crippen molar-refractivity contribution >= 4 is 17.4 Å². The van der Waals surface area contributed by atoms with E-state index in [9.17, 15) is 4.79 Å². The Morgan fingerprint density at radius 1 is 1.17 bits per heavy atom. The van der Waals surface area contributed by atoms with E-state index in [4.69, 9.17) is 4.74 Å². The molecule has 5 heteroatoms. The molecule has 118 valence electrons. The van der Waals surface area contributed by atoms with Crippen LogP contribution < -0.4 is 15.4 Å². The first-order valence-electron chi connectivity index (χ1n) is 7.68. The van der Waals surface area contributed by atoms with Crippen LogP contribution in [0.5, 0.6) is 5.75 Å². The lowest BCUT2D eigenvalue weighted by molar-refractivity contribution is -0.118. The summed E-state index contributed by atoms with van der Waals surface area (Å²) in [6, 6.07) is 16.9. The molecule has 2 aromatic carbocycles. The van der Waals surface area contributed by atoms with E-state index in [1.807, 2.05) is 54.6 Å². The van der Waals surface area contributed by atoms with E-state index in [-0.39, 0.29) is 12.5 Å². The minimum Gasteiger partial charge on any atom is -0.484 e. The van der Waals surface area contributed by atoms with Gasteiger partial charge in [-0.15, -0.1) is 0 Å². The second-order valence-electron chi connectivity index (χ2n) is 5.24. The van der Waals surface area contributed by atoms with Crippen molar-refractivity contribution in [3.8, 4) is 5.75 Å². The number of aliphatic imine (C=N–C) groups is 1. The molecule has 0 spiro atoms. The average Bonchev–Trinajstić information content (AvgIpc) is 2.62. The summed E-state index contributed by atoms with van der Waals surface area (Å²) in [5, 5.41) is 6.07. The molecule has 0 unspecified atom stereocenters. The van der Waals surface area contributed by atoms with Crippen molar-refractivity contribution in [1.29, 1.82) is 0 Å². The highest BCUT2D eigenvalue weighted by atomic mass is 16.5. The lowest BCUT2D eigenvalue weighted by Crippen LogP contribution is -2.30. The molecule has 0 saturated heterocycles. The van der Waals surface area contributed by atoms with Crippen LogP contribution >= 0.6 is 0 Å². The van der Waals surface area contributed by atoms with E-state index in [0.29, 0.717) is 5.75 Å². The van der Waals surface area contributed by atoms with Crippen LogP contribution in [-0.2, 0) is 4.79 Å². The number of amides is 1. The molecule has 1 aliphatic heterocycles. The van der Waals surface area contributed by atoms with Gasteiger partial charge in [-0.25, -0.2) is 0 Å². The minimum absolute atomic E-state index is 0.0295. The van der Waals surface area contributed by atoms with Crippen molar-refractivity contribution in [2.24, 2.45) is 4.99 Å². The zero-order valence-electron chi connectivity index (χ0n) is 12.8. The van der Waals surface area contributed by atoms with Crippen LogP contribution in [0, 0.1) is 0 Å². The molecule has 1 heterocycles. The van der Waals surface area contributed by atoms with E-state index < -0.39 is 0 Å². The number of carbonyl (C=O) groups is 1. The number of para-hydroxylation sites is 1. The van der Waals surface area contributed by atoms with Crippen molar-refractivity contribution < 1.29 is 9.53 Å². The fraction of sp³-hybridized carbons (Fsp3) is 0.222. The number of rotatable bonds is 5. The van der Waals surface area contributed by atoms with Gasteiger partial charge in [0.2, 0.25) is 0 Å². The van der Waals surface area contributed by atoms with Crippen molar-refractivity contribution in [2.45, 2.75) is 6.42 Å². The summed E-state index contributed by atoms with van der Waals surface area (Å²) >= 11 is 0. The van der Waals surface area contributed by atoms with Crippen LogP contribution in [0.15, 0.2) is 59.6 Å². The monoisotopic (exact) mass is 309 g/mol. The number of ether oxygens (including phenoxy) is 1. The highest BCUT2D eigenvalue weighted by Gasteiger charge is 2.09. The molecule has 2 N–H and O–H groups in total. The van der Waals surface area contributed by atoms with Crippen LogP contribution in [0.3, 0.4) is 0 Å². The summed E-state index contributed by atoms with van der Waals surface area (Å²) in [4.78, 5) is 16.4. The van der Waals surface area contributed by atoms with Gasteiger partial charge in [-0.3, -0.25) is 9.79 Å². The van der Waals surface area contributed by atoms with Crippen LogP contribution in [0.4, 0.5) is 5.69 Å². The molecule has 0 saturated carbocycles. The van der Waals surface area contributed by atoms with E-state index in [1.165, 1.54) is 0 Å². The largest absolute Gasteiger partial charge is 0.484 e. The smallest absolute Gasteiger partial charge is 0.262 e. The van der Waals surface area contributed by atoms with E-state index in [0.717, 1.165) is 36.6 Å². The number of benzene rings is 2. The highest BCUT2D eigenvalue weighted by Crippen LogP contribution is 2.15. The predicted octanol–water partition coefficient (Wildman–Crippen LogP) is 2.44. The van der Waals surface area contributed by atoms with Crippen molar-refractivity contribution in [3.05, 3.63) is 60.2 Å². The van der Waals surface area contributed by atoms with Gasteiger partial charge in [0.05, 0.1) is 0 Å². The maximum atomic E-state index is 11.9. The van der Waals surface area contributed by atoms with Crippen molar-refractivity contribution in [3.63, 3.8) is 0 Å². The number of hydrogen-bond donors (Lipinski definition) is 2. The Balaban J connectivity index is 1.58. The Morgan fingerprint density at radius 3 is 2.83 bits per heavy atom. The fourth-order valence-electron chi connectivity index (χ4n) is 2.33. The number of hydrogen-bond acceptors (Lipinski definition) is 4. The Kier molecular flexibility index (Phi) is 4.88. The van der Waals surface area contributed by atoms with Gasteiger partial charge in [-0.1, -0.05) is 30.3 Å². The molecule has 0 atom stereocenters. The number of nitrogens with one attached hydrogen (secondary N) is 2. The van der Waals surface area contributed by atoms with E-state index >= 15 is 0 Å². The average molecular weight is 309 g/mol. The molecule has 0 fully saturated rings. The maximum Gasteiger partial charge on any atom is 0.262 e. The summed E-state index contributed by atoms with van der Waals surface area (Å²) in [5.41, 5.74) is 1.74. The summed E-state index contributed by atoms with van der Waals surface area (Å²) in [6.45, 7) is 1.74. The van der Waals surface area contributed by atoms with E-state index in [2.05, 4.69) is 15.6 Å². The third-order valence-corrected chi connectivity index (χ3v) is 3.43. The standard InChI is InChI=1S/C18H19N3O2/c22-17(21-15-7-2-1-3-8-15)13-23-16-9-4-6-14(12-16)18-19-10-5-11-20-18/h1-4,6-9,12H,5,10-11,13H2,(H,19,20)(H,21,22). The summed E-state index contributed by atoms with van der Waals surface area (Å²) in [6.07, 6.45) is 1.05. The summed E-state index contributed by atoms with van der Waals surface area (Å²) < 4.78 is 5.58. The van der Waals surface area contributed by atoms with Gasteiger partial charge in [0.1, 0.15) is 11.6 Å². The molecule has 0 radical (unpaired) electrons. The van der Waals surface area contributed by atoms with Gasteiger partial charge >= 0.3 is 0 Å². The van der Waals surface area contributed by atoms with Gasteiger partial charge in [0.15, 0.2) is 6.61 Å². The van der Waals surface area contributed by atoms with Crippen LogP contribution in [-0.4, -0.2) is 31.4 Å². The molecule has 1 amide bonds. The molecule has 23 heavy (non-hydrogen) atoms. The molecule has 0 aliphatic carbocycles. The Labute approximate surface area is 135 Å². The number of carbonyl (C=O) groups excluding carboxylic acids is 1. The second kappa shape index (κ2) is 7.45. The van der Waals surface area contributed by atoms with Crippen molar-refractivity contribution in [2.75, 3.05) is 25.0 Å². The lowest BCUT2D eigenvalue weighted by Gasteiger charge is -2.15. The predicted molar refractivity (Wildman–Crippen MR) is 91.0 cm³/mol. The third kappa shape index (κ3) is 4.32. The number of amidine groups is 1. The zero-order valence-corrected chi connectivity index (χ0v) is 12.8. The topological polar surface area (TPSA) is 62.7 Å². The summed E-state index contributed by atoms with van der Waals surface area (Å²) in [5.74, 6) is 1.35. The lowest BCUT2D eigenvalue weighted by atomic mass is 10.1. The second-order valence-corrected chi connectivity index (χ2v) is 5.24. The Bertz CT molecular complexity index is 698. The van der Waals surface area contributed by atoms with E-state index in [1.54, 1.807) is 0 Å². The molecule has 0 aromatic heterocycles. The number of nitrogens with zero attached hydrogens (tertiary/aromatic N) is 1. The van der Waals surface area contributed by atoms with Gasteiger partial charge in [0, 0.05) is 24.3 Å². The minimum atomic E-state index is -0.185. The zero-order chi connectivity index (χ0) is 15.9. The van der Waals surface area contributed by atoms with Crippen molar-refractivity contribution in [1.82, 2.24) is 5.32 Å². The normalized spacial score (nSPS) is 13.7. The first-order valence-corrected chi connectivity index (χ1v) is 7.68. The molecule has 2 aromatic rings. The molecular weight excluding hydrogens is 290 g/mol. The third-order valence-electron chi connectivity index (χ3n) is 3.43. The Morgan fingerprint density at radius 2 is 2.04 bits per heavy atom. The Hall–Kier alpha value is -2.82. The number of anilines is 1. The molecule has 5 nitrogen and oxygen atoms in total. The summed E-state index contributed by atoms with van der Waals surface area (Å²) in [7, 11) is 0. The van der Waals surface area contributed by atoms with Gasteiger partial charge < -0.3 is 15.4 Å². The van der Waals surface area contributed by atoms with Crippen LogP contribution in [0.1, 0.15) is 12.0 Å². The van der Waals surface area contributed by atoms with Crippen LogP contribution in [0.25, 0.3) is 0 Å². The molecule has 0 bridgehead atoms. The molecular formula is C18H19N3O2. The van der Waals surface area contributed by atoms with Gasteiger partial charge in [-0.05, 0) is 30.7 Å². The quantitative estimate of drug-likeness (QED) is 0.892.